The molecule has 1 aromatic heterocycles. The summed E-state index contributed by atoms with van der Waals surface area (Å²) >= 11 is 0.847. The zero-order valence-electron chi connectivity index (χ0n) is 14.1. The lowest BCUT2D eigenvalue weighted by atomic mass is 10.1. The van der Waals surface area contributed by atoms with Gasteiger partial charge >= 0.3 is 11.9 Å². The lowest BCUT2D eigenvalue weighted by Crippen LogP contribution is -2.37. The Morgan fingerprint density at radius 2 is 1.64 bits per heavy atom. The molecule has 0 spiro atoms. The van der Waals surface area contributed by atoms with E-state index in [0.717, 1.165) is 11.3 Å². The van der Waals surface area contributed by atoms with Crippen molar-refractivity contribution < 1.29 is 24.2 Å². The lowest BCUT2D eigenvalue weighted by molar-refractivity contribution is -0.157. The van der Waals surface area contributed by atoms with Crippen LogP contribution in [0.2, 0.25) is 0 Å². The first-order valence-corrected chi connectivity index (χ1v) is 8.41. The molecule has 0 unspecified atom stereocenters. The second-order valence-electron chi connectivity index (χ2n) is 6.32. The van der Waals surface area contributed by atoms with E-state index in [1.807, 2.05) is 0 Å². The molecule has 0 aliphatic rings. The maximum Gasteiger partial charge on any atom is 0.345 e. The maximum absolute atomic E-state index is 12.5. The van der Waals surface area contributed by atoms with E-state index in [4.69, 9.17) is 9.84 Å². The molecule has 1 aromatic carbocycles. The van der Waals surface area contributed by atoms with Crippen LogP contribution >= 0.6 is 11.3 Å². The van der Waals surface area contributed by atoms with Gasteiger partial charge in [0.05, 0.1) is 4.88 Å². The Morgan fingerprint density at radius 3 is 2.16 bits per heavy atom. The Bertz CT molecular complexity index is 776. The summed E-state index contributed by atoms with van der Waals surface area (Å²) < 4.78 is 5.39. The number of esters is 1. The molecule has 7 heteroatoms. The molecule has 0 saturated carbocycles. The quantitative estimate of drug-likeness (QED) is 0.798. The number of ether oxygens (including phenoxy) is 1. The van der Waals surface area contributed by atoms with Crippen molar-refractivity contribution in [1.82, 2.24) is 5.32 Å². The van der Waals surface area contributed by atoms with Crippen LogP contribution in [0.5, 0.6) is 0 Å². The molecule has 0 radical (unpaired) electrons. The number of hydrogen-bond donors (Lipinski definition) is 2. The highest BCUT2D eigenvalue weighted by atomic mass is 32.1. The number of carboxylic acids is 1. The van der Waals surface area contributed by atoms with Crippen molar-refractivity contribution in [2.75, 3.05) is 0 Å². The van der Waals surface area contributed by atoms with Crippen molar-refractivity contribution in [3.63, 3.8) is 0 Å². The zero-order valence-corrected chi connectivity index (χ0v) is 14.9. The highest BCUT2D eigenvalue weighted by Crippen LogP contribution is 2.21. The van der Waals surface area contributed by atoms with Crippen molar-refractivity contribution in [3.8, 4) is 0 Å². The van der Waals surface area contributed by atoms with E-state index in [9.17, 15) is 14.4 Å². The molecule has 0 aliphatic carbocycles. The monoisotopic (exact) mass is 361 g/mol. The van der Waals surface area contributed by atoms with Gasteiger partial charge in [0.15, 0.2) is 6.04 Å². The minimum absolute atomic E-state index is 0.0543. The molecule has 25 heavy (non-hydrogen) atoms. The van der Waals surface area contributed by atoms with Gasteiger partial charge in [0.25, 0.3) is 5.91 Å². The maximum atomic E-state index is 12.5. The largest absolute Gasteiger partial charge is 0.477 e. The van der Waals surface area contributed by atoms with Crippen molar-refractivity contribution in [2.45, 2.75) is 32.4 Å². The number of rotatable bonds is 5. The summed E-state index contributed by atoms with van der Waals surface area (Å²) in [4.78, 5) is 36.2. The van der Waals surface area contributed by atoms with Gasteiger partial charge in [0.2, 0.25) is 0 Å². The fraction of sp³-hybridized carbons (Fsp3) is 0.278. The molecule has 0 saturated heterocycles. The van der Waals surface area contributed by atoms with Crippen LogP contribution in [0.15, 0.2) is 42.5 Å². The molecule has 0 fully saturated rings. The molecule has 6 nitrogen and oxygen atoms in total. The topological polar surface area (TPSA) is 92.7 Å². The van der Waals surface area contributed by atoms with E-state index in [2.05, 4.69) is 5.32 Å². The summed E-state index contributed by atoms with van der Waals surface area (Å²) in [5, 5.41) is 11.6. The Hall–Kier alpha value is -2.67. The molecule has 132 valence electrons. The van der Waals surface area contributed by atoms with Gasteiger partial charge in [-0.2, -0.15) is 0 Å². The molecule has 2 N–H and O–H groups in total. The van der Waals surface area contributed by atoms with Crippen LogP contribution in [-0.2, 0) is 9.53 Å². The van der Waals surface area contributed by atoms with Crippen LogP contribution in [0.3, 0.4) is 0 Å². The number of carbonyl (C=O) groups excluding carboxylic acids is 2. The van der Waals surface area contributed by atoms with E-state index in [0.29, 0.717) is 5.56 Å². The average Bonchev–Trinajstić information content (AvgIpc) is 3.01. The number of carboxylic acid groups (broad SMARTS) is 1. The number of hydrogen-bond acceptors (Lipinski definition) is 5. The first-order valence-electron chi connectivity index (χ1n) is 7.59. The van der Waals surface area contributed by atoms with Crippen LogP contribution in [0, 0.1) is 0 Å². The summed E-state index contributed by atoms with van der Waals surface area (Å²) in [6.45, 7) is 5.23. The fourth-order valence-corrected chi connectivity index (χ4v) is 2.81. The van der Waals surface area contributed by atoms with Crippen molar-refractivity contribution in [1.29, 1.82) is 0 Å². The van der Waals surface area contributed by atoms with Crippen LogP contribution in [0.25, 0.3) is 0 Å². The van der Waals surface area contributed by atoms with Gasteiger partial charge in [-0.25, -0.2) is 9.59 Å². The Balaban J connectivity index is 2.24. The SMILES string of the molecule is CC(C)(C)OC(=O)[C@@H](NC(=O)c1ccc(C(=O)O)s1)c1ccccc1. The predicted molar refractivity (Wildman–Crippen MR) is 93.8 cm³/mol. The highest BCUT2D eigenvalue weighted by Gasteiger charge is 2.29. The number of nitrogens with one attached hydrogen (secondary N) is 1. The van der Waals surface area contributed by atoms with Gasteiger partial charge in [0, 0.05) is 0 Å². The average molecular weight is 361 g/mol. The summed E-state index contributed by atoms with van der Waals surface area (Å²) in [5.41, 5.74) is -0.117. The van der Waals surface area contributed by atoms with E-state index in [1.165, 1.54) is 12.1 Å². The normalized spacial score (nSPS) is 12.3. The number of amides is 1. The molecular weight excluding hydrogens is 342 g/mol. The van der Waals surface area contributed by atoms with E-state index >= 15 is 0 Å². The summed E-state index contributed by atoms with van der Waals surface area (Å²) in [6.07, 6.45) is 0. The summed E-state index contributed by atoms with van der Waals surface area (Å²) in [6, 6.07) is 10.5. The minimum Gasteiger partial charge on any atom is -0.477 e. The predicted octanol–water partition coefficient (Wildman–Crippen LogP) is 3.26. The van der Waals surface area contributed by atoms with Gasteiger partial charge in [-0.3, -0.25) is 4.79 Å². The molecule has 1 amide bonds. The molecular formula is C18H19NO5S. The minimum atomic E-state index is -1.10. The summed E-state index contributed by atoms with van der Waals surface area (Å²) in [5.74, 6) is -2.21. The van der Waals surface area contributed by atoms with Crippen LogP contribution in [-0.4, -0.2) is 28.6 Å². The lowest BCUT2D eigenvalue weighted by Gasteiger charge is -2.24. The van der Waals surface area contributed by atoms with Crippen molar-refractivity contribution in [2.24, 2.45) is 0 Å². The van der Waals surface area contributed by atoms with Gasteiger partial charge in [-0.1, -0.05) is 30.3 Å². The van der Waals surface area contributed by atoms with Crippen LogP contribution in [0.1, 0.15) is 51.7 Å². The number of benzene rings is 1. The van der Waals surface area contributed by atoms with Gasteiger partial charge < -0.3 is 15.2 Å². The summed E-state index contributed by atoms with van der Waals surface area (Å²) in [7, 11) is 0. The molecule has 1 heterocycles. The van der Waals surface area contributed by atoms with E-state index in [-0.39, 0.29) is 9.75 Å². The van der Waals surface area contributed by atoms with E-state index < -0.39 is 29.5 Å². The van der Waals surface area contributed by atoms with Gasteiger partial charge in [-0.15, -0.1) is 11.3 Å². The third-order valence-electron chi connectivity index (χ3n) is 3.09. The second kappa shape index (κ2) is 7.48. The molecule has 0 aliphatic heterocycles. The van der Waals surface area contributed by atoms with Crippen LogP contribution < -0.4 is 5.32 Å². The first-order chi connectivity index (χ1) is 11.7. The smallest absolute Gasteiger partial charge is 0.345 e. The number of carbonyl (C=O) groups is 3. The number of aromatic carboxylic acids is 1. The number of thiophene rings is 1. The third-order valence-corrected chi connectivity index (χ3v) is 4.16. The van der Waals surface area contributed by atoms with E-state index in [1.54, 1.807) is 51.1 Å². The van der Waals surface area contributed by atoms with Crippen LogP contribution in [0.4, 0.5) is 0 Å². The molecule has 1 atom stereocenters. The Kier molecular flexibility index (Phi) is 5.58. The standard InChI is InChI=1S/C18H19NO5S/c1-18(2,3)24-17(23)14(11-7-5-4-6-8-11)19-15(20)12-9-10-13(25-12)16(21)22/h4-10,14H,1-3H3,(H,19,20)(H,21,22)/t14-/m0/s1. The third kappa shape index (κ3) is 5.15. The molecule has 2 aromatic rings. The van der Waals surface area contributed by atoms with Crippen molar-refractivity contribution in [3.05, 3.63) is 57.8 Å². The highest BCUT2D eigenvalue weighted by molar-refractivity contribution is 7.15. The molecule has 0 bridgehead atoms. The fourth-order valence-electron chi connectivity index (χ4n) is 2.06. The van der Waals surface area contributed by atoms with Gasteiger partial charge in [-0.05, 0) is 38.5 Å². The zero-order chi connectivity index (χ0) is 18.6. The Morgan fingerprint density at radius 1 is 1.04 bits per heavy atom. The first kappa shape index (κ1) is 18.7. The van der Waals surface area contributed by atoms with Gasteiger partial charge in [0.1, 0.15) is 10.5 Å². The second-order valence-corrected chi connectivity index (χ2v) is 7.40. The Labute approximate surface area is 149 Å². The molecule has 2 rings (SSSR count). The van der Waals surface area contributed by atoms with Crippen molar-refractivity contribution >= 4 is 29.2 Å².